The van der Waals surface area contributed by atoms with E-state index >= 15 is 0 Å². The van der Waals surface area contributed by atoms with Crippen molar-refractivity contribution in [1.82, 2.24) is 0 Å². The monoisotopic (exact) mass is 322 g/mol. The van der Waals surface area contributed by atoms with Gasteiger partial charge in [0.2, 0.25) is 0 Å². The lowest BCUT2D eigenvalue weighted by Gasteiger charge is -2.23. The lowest BCUT2D eigenvalue weighted by Crippen LogP contribution is -2.24. The second-order valence-corrected chi connectivity index (χ2v) is 8.24. The number of benzene rings is 2. The average Bonchev–Trinajstić information content (AvgIpc) is 2.46. The van der Waals surface area contributed by atoms with Crippen LogP contribution in [-0.2, 0) is 15.4 Å². The van der Waals surface area contributed by atoms with E-state index in [-0.39, 0.29) is 0 Å². The zero-order chi connectivity index (χ0) is 15.5. The Balaban J connectivity index is 2.06. The molecule has 2 rings (SSSR count). The van der Waals surface area contributed by atoms with Crippen molar-refractivity contribution in [2.24, 2.45) is 0 Å². The number of hydrogen-bond donors (Lipinski definition) is 1. The van der Waals surface area contributed by atoms with Gasteiger partial charge >= 0.3 is 0 Å². The van der Waals surface area contributed by atoms with Gasteiger partial charge in [-0.05, 0) is 36.8 Å². The van der Waals surface area contributed by atoms with Gasteiger partial charge in [0, 0.05) is 16.9 Å². The smallest absolute Gasteiger partial charge is 0.175 e. The summed E-state index contributed by atoms with van der Waals surface area (Å²) in [6.45, 7) is 1.78. The molecule has 0 aliphatic rings. The van der Waals surface area contributed by atoms with Crippen molar-refractivity contribution < 1.29 is 13.5 Å². The molecule has 0 fully saturated rings. The van der Waals surface area contributed by atoms with Gasteiger partial charge < -0.3 is 5.11 Å². The summed E-state index contributed by atoms with van der Waals surface area (Å²) in [5, 5.41) is 10.5. The van der Waals surface area contributed by atoms with E-state index in [0.29, 0.717) is 10.6 Å². The molecule has 1 N–H and O–H groups in total. The van der Waals surface area contributed by atoms with Crippen LogP contribution in [0.1, 0.15) is 12.5 Å². The predicted octanol–water partition coefficient (Wildman–Crippen LogP) is 3.09. The van der Waals surface area contributed by atoms with Gasteiger partial charge in [-0.2, -0.15) is 0 Å². The van der Waals surface area contributed by atoms with E-state index < -0.39 is 15.4 Å². The molecule has 0 heterocycles. The Morgan fingerprint density at radius 3 is 2.14 bits per heavy atom. The van der Waals surface area contributed by atoms with Gasteiger partial charge in [0.05, 0.1) is 10.5 Å². The summed E-state index contributed by atoms with van der Waals surface area (Å²) < 4.78 is 22.8. The quantitative estimate of drug-likeness (QED) is 0.860. The minimum atomic E-state index is -3.16. The Kier molecular flexibility index (Phi) is 4.76. The van der Waals surface area contributed by atoms with Gasteiger partial charge in [0.25, 0.3) is 0 Å². The third-order valence-electron chi connectivity index (χ3n) is 3.17. The normalized spacial score (nSPS) is 14.6. The summed E-state index contributed by atoms with van der Waals surface area (Å²) in [5.74, 6) is 0.495. The van der Waals surface area contributed by atoms with Gasteiger partial charge in [0.1, 0.15) is 0 Å². The van der Waals surface area contributed by atoms with Crippen LogP contribution in [0.4, 0.5) is 0 Å². The van der Waals surface area contributed by atoms with Crippen molar-refractivity contribution >= 4 is 21.6 Å². The molecule has 0 saturated heterocycles. The molecule has 1 atom stereocenters. The molecular formula is C16H18O3S2. The molecule has 0 aromatic heterocycles. The molecule has 0 aliphatic carbocycles. The SMILES string of the molecule is CC(O)(CSc1ccc(S(C)(=O)=O)cc1)c1ccccc1. The zero-order valence-corrected chi connectivity index (χ0v) is 13.6. The number of thioether (sulfide) groups is 1. The molecule has 0 spiro atoms. The van der Waals surface area contributed by atoms with Crippen molar-refractivity contribution in [2.45, 2.75) is 22.3 Å². The molecule has 112 valence electrons. The minimum Gasteiger partial charge on any atom is -0.385 e. The van der Waals surface area contributed by atoms with Crippen LogP contribution < -0.4 is 0 Å². The maximum absolute atomic E-state index is 11.4. The third kappa shape index (κ3) is 4.33. The molecule has 21 heavy (non-hydrogen) atoms. The van der Waals surface area contributed by atoms with Crippen LogP contribution in [-0.4, -0.2) is 25.5 Å². The van der Waals surface area contributed by atoms with Crippen LogP contribution in [0.3, 0.4) is 0 Å². The van der Waals surface area contributed by atoms with Crippen molar-refractivity contribution in [3.63, 3.8) is 0 Å². The molecule has 0 radical (unpaired) electrons. The molecule has 3 nitrogen and oxygen atoms in total. The Morgan fingerprint density at radius 1 is 1.05 bits per heavy atom. The highest BCUT2D eigenvalue weighted by Gasteiger charge is 2.22. The van der Waals surface area contributed by atoms with Crippen molar-refractivity contribution in [3.05, 3.63) is 60.2 Å². The Hall–Kier alpha value is -1.30. The van der Waals surface area contributed by atoms with Gasteiger partial charge in [-0.3, -0.25) is 0 Å². The second-order valence-electron chi connectivity index (χ2n) is 5.17. The van der Waals surface area contributed by atoms with E-state index in [2.05, 4.69) is 0 Å². The van der Waals surface area contributed by atoms with E-state index in [4.69, 9.17) is 0 Å². The van der Waals surface area contributed by atoms with Crippen LogP contribution in [0.5, 0.6) is 0 Å². The maximum atomic E-state index is 11.4. The minimum absolute atomic E-state index is 0.307. The van der Waals surface area contributed by atoms with Gasteiger partial charge in [-0.15, -0.1) is 11.8 Å². The fraction of sp³-hybridized carbons (Fsp3) is 0.250. The standard InChI is InChI=1S/C16H18O3S2/c1-16(17,13-6-4-3-5-7-13)12-20-14-8-10-15(11-9-14)21(2,18)19/h3-11,17H,12H2,1-2H3. The van der Waals surface area contributed by atoms with Gasteiger partial charge in [-0.25, -0.2) is 8.42 Å². The predicted molar refractivity (Wildman–Crippen MR) is 86.3 cm³/mol. The van der Waals surface area contributed by atoms with Crippen molar-refractivity contribution in [2.75, 3.05) is 12.0 Å². The third-order valence-corrected chi connectivity index (χ3v) is 5.61. The molecule has 0 bridgehead atoms. The van der Waals surface area contributed by atoms with Crippen LogP contribution >= 0.6 is 11.8 Å². The highest BCUT2D eigenvalue weighted by Crippen LogP contribution is 2.29. The molecule has 2 aromatic carbocycles. The van der Waals surface area contributed by atoms with Crippen LogP contribution in [0, 0.1) is 0 Å². The summed E-state index contributed by atoms with van der Waals surface area (Å²) in [5.41, 5.74) is -0.0632. The number of rotatable bonds is 5. The second kappa shape index (κ2) is 6.22. The first-order chi connectivity index (χ1) is 9.79. The van der Waals surface area contributed by atoms with E-state index in [0.717, 1.165) is 10.5 Å². The lowest BCUT2D eigenvalue weighted by molar-refractivity contribution is 0.0839. The van der Waals surface area contributed by atoms with Crippen molar-refractivity contribution in [1.29, 1.82) is 0 Å². The maximum Gasteiger partial charge on any atom is 0.175 e. The Morgan fingerprint density at radius 2 is 1.62 bits per heavy atom. The number of hydrogen-bond acceptors (Lipinski definition) is 4. The van der Waals surface area contributed by atoms with Gasteiger partial charge in [-0.1, -0.05) is 30.3 Å². The summed E-state index contributed by atoms with van der Waals surface area (Å²) in [6.07, 6.45) is 1.19. The highest BCUT2D eigenvalue weighted by molar-refractivity contribution is 7.99. The zero-order valence-electron chi connectivity index (χ0n) is 12.0. The van der Waals surface area contributed by atoms with E-state index in [1.54, 1.807) is 31.2 Å². The number of sulfone groups is 1. The molecule has 0 saturated carbocycles. The Labute approximate surface area is 129 Å². The van der Waals surface area contributed by atoms with E-state index in [1.165, 1.54) is 18.0 Å². The largest absolute Gasteiger partial charge is 0.385 e. The fourth-order valence-electron chi connectivity index (χ4n) is 1.89. The molecule has 5 heteroatoms. The number of aliphatic hydroxyl groups is 1. The summed E-state index contributed by atoms with van der Waals surface area (Å²) >= 11 is 1.50. The average molecular weight is 322 g/mol. The lowest BCUT2D eigenvalue weighted by atomic mass is 9.99. The highest BCUT2D eigenvalue weighted by atomic mass is 32.2. The first-order valence-corrected chi connectivity index (χ1v) is 9.37. The van der Waals surface area contributed by atoms with Crippen molar-refractivity contribution in [3.8, 4) is 0 Å². The first kappa shape index (κ1) is 16.1. The molecule has 0 amide bonds. The molecule has 0 aliphatic heterocycles. The van der Waals surface area contributed by atoms with Crippen LogP contribution in [0.15, 0.2) is 64.4 Å². The van der Waals surface area contributed by atoms with Gasteiger partial charge in [0.15, 0.2) is 9.84 Å². The molecular weight excluding hydrogens is 304 g/mol. The van der Waals surface area contributed by atoms with E-state index in [9.17, 15) is 13.5 Å². The molecule has 2 aromatic rings. The van der Waals surface area contributed by atoms with Crippen LogP contribution in [0.25, 0.3) is 0 Å². The first-order valence-electron chi connectivity index (χ1n) is 6.50. The van der Waals surface area contributed by atoms with Crippen LogP contribution in [0.2, 0.25) is 0 Å². The Bertz CT molecular complexity index is 690. The molecule has 1 unspecified atom stereocenters. The topological polar surface area (TPSA) is 54.4 Å². The summed E-state index contributed by atoms with van der Waals surface area (Å²) in [4.78, 5) is 1.24. The van der Waals surface area contributed by atoms with E-state index in [1.807, 2.05) is 30.3 Å². The summed E-state index contributed by atoms with van der Waals surface area (Å²) in [6, 6.07) is 16.2. The summed E-state index contributed by atoms with van der Waals surface area (Å²) in [7, 11) is -3.16. The fourth-order valence-corrected chi connectivity index (χ4v) is 3.46.